The molecule has 136 valence electrons. The summed E-state index contributed by atoms with van der Waals surface area (Å²) in [6, 6.07) is 8.92. The van der Waals surface area contributed by atoms with Gasteiger partial charge in [-0.05, 0) is 54.6 Å². The standard InChI is InChI=1S/C22H27N3O/c1-15-10-18(15)19-13-23-21(20(14-26)24-19)25-8-6-22(7-9-25)11-16-4-2-3-5-17(16)12-22/h2-5,13,15,18,26H,6-12,14H2,1H3. The maximum atomic E-state index is 9.84. The average Bonchev–Trinajstić information content (AvgIpc) is 3.29. The lowest BCUT2D eigenvalue weighted by molar-refractivity contribution is 0.230. The van der Waals surface area contributed by atoms with Crippen molar-refractivity contribution in [1.82, 2.24) is 9.97 Å². The summed E-state index contributed by atoms with van der Waals surface area (Å²) in [6.07, 6.45) is 7.96. The van der Waals surface area contributed by atoms with Gasteiger partial charge in [-0.2, -0.15) is 0 Å². The second-order valence-corrected chi connectivity index (χ2v) is 8.65. The molecule has 1 spiro atoms. The third-order valence-corrected chi connectivity index (χ3v) is 6.85. The summed E-state index contributed by atoms with van der Waals surface area (Å²) < 4.78 is 0. The van der Waals surface area contributed by atoms with E-state index in [4.69, 9.17) is 9.97 Å². The number of benzene rings is 1. The van der Waals surface area contributed by atoms with Crippen molar-refractivity contribution in [2.75, 3.05) is 18.0 Å². The van der Waals surface area contributed by atoms with Crippen molar-refractivity contribution >= 4 is 5.82 Å². The second-order valence-electron chi connectivity index (χ2n) is 8.65. The van der Waals surface area contributed by atoms with Gasteiger partial charge in [-0.1, -0.05) is 31.2 Å². The third-order valence-electron chi connectivity index (χ3n) is 6.85. The molecule has 1 aliphatic heterocycles. The van der Waals surface area contributed by atoms with Crippen molar-refractivity contribution in [1.29, 1.82) is 0 Å². The predicted molar refractivity (Wildman–Crippen MR) is 102 cm³/mol. The lowest BCUT2D eigenvalue weighted by Gasteiger charge is -2.40. The lowest BCUT2D eigenvalue weighted by atomic mass is 9.76. The summed E-state index contributed by atoms with van der Waals surface area (Å²) in [5.41, 5.74) is 5.33. The van der Waals surface area contributed by atoms with E-state index in [2.05, 4.69) is 36.1 Å². The molecule has 4 heteroatoms. The number of fused-ring (bicyclic) bond motifs is 1. The molecule has 2 heterocycles. The molecular formula is C22H27N3O. The summed E-state index contributed by atoms with van der Waals surface area (Å²) >= 11 is 0. The van der Waals surface area contributed by atoms with Crippen molar-refractivity contribution < 1.29 is 5.11 Å². The van der Waals surface area contributed by atoms with Crippen LogP contribution in [0.1, 0.15) is 54.6 Å². The van der Waals surface area contributed by atoms with E-state index < -0.39 is 0 Å². The Morgan fingerprint density at radius 3 is 2.38 bits per heavy atom. The van der Waals surface area contributed by atoms with Crippen LogP contribution >= 0.6 is 0 Å². The summed E-state index contributed by atoms with van der Waals surface area (Å²) in [5.74, 6) is 2.15. The largest absolute Gasteiger partial charge is 0.390 e. The molecule has 2 fully saturated rings. The highest BCUT2D eigenvalue weighted by Crippen LogP contribution is 2.47. The molecule has 0 bridgehead atoms. The number of piperidine rings is 1. The Morgan fingerprint density at radius 2 is 1.81 bits per heavy atom. The molecule has 1 N–H and O–H groups in total. The van der Waals surface area contributed by atoms with Crippen LogP contribution in [-0.2, 0) is 19.4 Å². The number of aliphatic hydroxyl groups excluding tert-OH is 1. The molecule has 1 aromatic carbocycles. The first kappa shape index (κ1) is 16.2. The van der Waals surface area contributed by atoms with Crippen molar-refractivity contribution in [3.63, 3.8) is 0 Å². The van der Waals surface area contributed by atoms with Gasteiger partial charge in [0.2, 0.25) is 0 Å². The lowest BCUT2D eigenvalue weighted by Crippen LogP contribution is -2.41. The van der Waals surface area contributed by atoms with E-state index in [9.17, 15) is 5.11 Å². The summed E-state index contributed by atoms with van der Waals surface area (Å²) in [5, 5.41) is 9.84. The van der Waals surface area contributed by atoms with Crippen LogP contribution in [-0.4, -0.2) is 28.2 Å². The minimum Gasteiger partial charge on any atom is -0.390 e. The number of hydrogen-bond acceptors (Lipinski definition) is 4. The molecule has 2 aromatic rings. The van der Waals surface area contributed by atoms with Gasteiger partial charge in [0.1, 0.15) is 5.69 Å². The molecule has 0 radical (unpaired) electrons. The van der Waals surface area contributed by atoms with Crippen LogP contribution in [0.3, 0.4) is 0 Å². The maximum Gasteiger partial charge on any atom is 0.152 e. The van der Waals surface area contributed by atoms with Gasteiger partial charge in [-0.25, -0.2) is 9.97 Å². The van der Waals surface area contributed by atoms with E-state index >= 15 is 0 Å². The fraction of sp³-hybridized carbons (Fsp3) is 0.545. The van der Waals surface area contributed by atoms with Gasteiger partial charge >= 0.3 is 0 Å². The van der Waals surface area contributed by atoms with Crippen LogP contribution in [0.4, 0.5) is 5.82 Å². The van der Waals surface area contributed by atoms with Crippen LogP contribution in [0.2, 0.25) is 0 Å². The fourth-order valence-corrected chi connectivity index (χ4v) is 5.04. The van der Waals surface area contributed by atoms with Crippen LogP contribution in [0.25, 0.3) is 0 Å². The molecule has 4 nitrogen and oxygen atoms in total. The number of hydrogen-bond donors (Lipinski definition) is 1. The maximum absolute atomic E-state index is 9.84. The zero-order valence-electron chi connectivity index (χ0n) is 15.5. The minimum absolute atomic E-state index is 0.0235. The van der Waals surface area contributed by atoms with Gasteiger partial charge in [0, 0.05) is 19.0 Å². The number of rotatable bonds is 3. The van der Waals surface area contributed by atoms with E-state index in [0.717, 1.165) is 30.3 Å². The minimum atomic E-state index is -0.0235. The molecule has 3 aliphatic rings. The SMILES string of the molecule is CC1CC1c1cnc(N2CCC3(CC2)Cc2ccccc2C3)c(CO)n1. The van der Waals surface area contributed by atoms with Gasteiger partial charge in [0.05, 0.1) is 18.5 Å². The van der Waals surface area contributed by atoms with Gasteiger partial charge < -0.3 is 10.0 Å². The molecule has 2 aliphatic carbocycles. The Labute approximate surface area is 155 Å². The van der Waals surface area contributed by atoms with E-state index in [1.165, 1.54) is 32.1 Å². The van der Waals surface area contributed by atoms with Gasteiger partial charge in [-0.3, -0.25) is 0 Å². The highest BCUT2D eigenvalue weighted by molar-refractivity contribution is 5.45. The molecule has 1 saturated carbocycles. The van der Waals surface area contributed by atoms with Gasteiger partial charge in [-0.15, -0.1) is 0 Å². The second kappa shape index (κ2) is 6.05. The third kappa shape index (κ3) is 2.71. The normalized spacial score (nSPS) is 26.2. The van der Waals surface area contributed by atoms with Crippen LogP contribution in [0, 0.1) is 11.3 Å². The molecular weight excluding hydrogens is 322 g/mol. The number of aliphatic hydroxyl groups is 1. The quantitative estimate of drug-likeness (QED) is 0.922. The molecule has 26 heavy (non-hydrogen) atoms. The van der Waals surface area contributed by atoms with E-state index in [1.54, 1.807) is 11.1 Å². The first-order valence-corrected chi connectivity index (χ1v) is 9.96. The topological polar surface area (TPSA) is 49.2 Å². The molecule has 2 atom stereocenters. The number of aromatic nitrogens is 2. The van der Waals surface area contributed by atoms with Crippen molar-refractivity contribution in [3.05, 3.63) is 53.0 Å². The fourth-order valence-electron chi connectivity index (χ4n) is 5.04. The molecule has 1 aromatic heterocycles. The zero-order chi connectivity index (χ0) is 17.7. The summed E-state index contributed by atoms with van der Waals surface area (Å²) in [7, 11) is 0. The Hall–Kier alpha value is -1.94. The Bertz CT molecular complexity index is 799. The summed E-state index contributed by atoms with van der Waals surface area (Å²) in [4.78, 5) is 11.8. The zero-order valence-corrected chi connectivity index (χ0v) is 15.5. The highest BCUT2D eigenvalue weighted by Gasteiger charge is 2.40. The molecule has 0 amide bonds. The van der Waals surface area contributed by atoms with Crippen LogP contribution < -0.4 is 4.90 Å². The molecule has 2 unspecified atom stereocenters. The average molecular weight is 349 g/mol. The van der Waals surface area contributed by atoms with Gasteiger partial charge in [0.25, 0.3) is 0 Å². The van der Waals surface area contributed by atoms with Crippen LogP contribution in [0.5, 0.6) is 0 Å². The van der Waals surface area contributed by atoms with Crippen LogP contribution in [0.15, 0.2) is 30.5 Å². The van der Waals surface area contributed by atoms with Gasteiger partial charge in [0.15, 0.2) is 5.82 Å². The monoisotopic (exact) mass is 349 g/mol. The number of nitrogens with zero attached hydrogens (tertiary/aromatic N) is 3. The van der Waals surface area contributed by atoms with E-state index in [0.29, 0.717) is 17.3 Å². The Balaban J connectivity index is 1.31. The smallest absolute Gasteiger partial charge is 0.152 e. The number of anilines is 1. The van der Waals surface area contributed by atoms with E-state index in [1.807, 2.05) is 6.20 Å². The van der Waals surface area contributed by atoms with Crippen molar-refractivity contribution in [2.24, 2.45) is 11.3 Å². The highest BCUT2D eigenvalue weighted by atomic mass is 16.3. The predicted octanol–water partition coefficient (Wildman–Crippen LogP) is 3.48. The van der Waals surface area contributed by atoms with E-state index in [-0.39, 0.29) is 6.61 Å². The Morgan fingerprint density at radius 1 is 1.15 bits per heavy atom. The first-order valence-electron chi connectivity index (χ1n) is 9.96. The summed E-state index contributed by atoms with van der Waals surface area (Å²) in [6.45, 7) is 4.25. The molecule has 5 rings (SSSR count). The Kier molecular flexibility index (Phi) is 3.78. The van der Waals surface area contributed by atoms with Crippen molar-refractivity contribution in [3.8, 4) is 0 Å². The first-order chi connectivity index (χ1) is 12.7. The molecule has 1 saturated heterocycles. The van der Waals surface area contributed by atoms with Crippen molar-refractivity contribution in [2.45, 2.75) is 51.6 Å².